The molecular formula is C19H16ClN3O5. The van der Waals surface area contributed by atoms with Crippen molar-refractivity contribution < 1.29 is 23.5 Å². The number of aromatic nitrogens is 2. The highest BCUT2D eigenvalue weighted by molar-refractivity contribution is 6.30. The summed E-state index contributed by atoms with van der Waals surface area (Å²) >= 11 is 5.80. The van der Waals surface area contributed by atoms with Crippen molar-refractivity contribution in [3.63, 3.8) is 0 Å². The lowest BCUT2D eigenvalue weighted by Gasteiger charge is -2.06. The predicted octanol–water partition coefficient (Wildman–Crippen LogP) is 2.86. The molecule has 0 saturated heterocycles. The van der Waals surface area contributed by atoms with Gasteiger partial charge in [0, 0.05) is 23.6 Å². The summed E-state index contributed by atoms with van der Waals surface area (Å²) in [5, 5.41) is 7.31. The van der Waals surface area contributed by atoms with Crippen molar-refractivity contribution in [1.82, 2.24) is 15.5 Å². The lowest BCUT2D eigenvalue weighted by Crippen LogP contribution is -2.30. The van der Waals surface area contributed by atoms with Crippen LogP contribution in [0.4, 0.5) is 0 Å². The van der Waals surface area contributed by atoms with E-state index in [2.05, 4.69) is 15.5 Å². The molecule has 1 N–H and O–H groups in total. The zero-order chi connectivity index (χ0) is 19.3. The molecule has 0 saturated carbocycles. The van der Waals surface area contributed by atoms with Crippen LogP contribution in [0.15, 0.2) is 47.0 Å². The molecule has 0 aliphatic carbocycles. The summed E-state index contributed by atoms with van der Waals surface area (Å²) in [6.07, 6.45) is 0.407. The fraction of sp³-hybridized carbons (Fsp3) is 0.211. The number of nitrogens with zero attached hydrogens (tertiary/aromatic N) is 2. The van der Waals surface area contributed by atoms with Gasteiger partial charge in [0.05, 0.1) is 0 Å². The predicted molar refractivity (Wildman–Crippen MR) is 99.5 cm³/mol. The number of fused-ring (bicyclic) bond motifs is 1. The Kier molecular flexibility index (Phi) is 5.29. The fourth-order valence-electron chi connectivity index (χ4n) is 2.55. The van der Waals surface area contributed by atoms with Crippen molar-refractivity contribution in [2.75, 3.05) is 19.9 Å². The van der Waals surface area contributed by atoms with Gasteiger partial charge in [-0.1, -0.05) is 16.8 Å². The maximum absolute atomic E-state index is 11.9. The van der Waals surface area contributed by atoms with E-state index in [1.807, 2.05) is 6.07 Å². The van der Waals surface area contributed by atoms with Crippen molar-refractivity contribution in [3.8, 4) is 28.6 Å². The van der Waals surface area contributed by atoms with E-state index in [1.54, 1.807) is 36.4 Å². The summed E-state index contributed by atoms with van der Waals surface area (Å²) in [6.45, 7) is 0.469. The van der Waals surface area contributed by atoms with E-state index in [0.717, 1.165) is 5.56 Å². The van der Waals surface area contributed by atoms with Crippen molar-refractivity contribution in [2.24, 2.45) is 0 Å². The van der Waals surface area contributed by atoms with E-state index in [0.29, 0.717) is 47.0 Å². The van der Waals surface area contributed by atoms with Gasteiger partial charge in [0.1, 0.15) is 5.75 Å². The van der Waals surface area contributed by atoms with Gasteiger partial charge in [-0.25, -0.2) is 0 Å². The highest BCUT2D eigenvalue weighted by Gasteiger charge is 2.16. The van der Waals surface area contributed by atoms with Crippen LogP contribution in [0.5, 0.6) is 17.2 Å². The van der Waals surface area contributed by atoms with E-state index in [1.165, 1.54) is 0 Å². The fourth-order valence-corrected chi connectivity index (χ4v) is 2.67. The molecule has 1 amide bonds. The average molecular weight is 402 g/mol. The molecule has 0 unspecified atom stereocenters. The molecule has 144 valence electrons. The molecule has 0 atom stereocenters. The van der Waals surface area contributed by atoms with Gasteiger partial charge in [-0.3, -0.25) is 4.79 Å². The Bertz CT molecular complexity index is 974. The molecule has 0 bridgehead atoms. The van der Waals surface area contributed by atoms with Gasteiger partial charge in [-0.05, 0) is 42.5 Å². The normalized spacial score (nSPS) is 12.0. The standard InChI is InChI=1S/C19H16ClN3O5/c20-13-2-4-14(5-3-13)25-10-17(24)21-8-7-18-22-19(23-28-18)12-1-6-15-16(9-12)27-11-26-15/h1-6,9H,7-8,10-11H2,(H,21,24). The average Bonchev–Trinajstić information content (AvgIpc) is 3.36. The summed E-state index contributed by atoms with van der Waals surface area (Å²) < 4.78 is 21.2. The number of amides is 1. The van der Waals surface area contributed by atoms with Crippen LogP contribution in [0, 0.1) is 0 Å². The molecule has 9 heteroatoms. The molecular weight excluding hydrogens is 386 g/mol. The Morgan fingerprint density at radius 2 is 1.96 bits per heavy atom. The smallest absolute Gasteiger partial charge is 0.257 e. The largest absolute Gasteiger partial charge is 0.484 e. The molecule has 0 spiro atoms. The quantitative estimate of drug-likeness (QED) is 0.650. The zero-order valence-corrected chi connectivity index (χ0v) is 15.4. The second kappa shape index (κ2) is 8.18. The molecule has 2 aromatic carbocycles. The molecule has 2 heterocycles. The summed E-state index contributed by atoms with van der Waals surface area (Å²) in [7, 11) is 0. The highest BCUT2D eigenvalue weighted by Crippen LogP contribution is 2.35. The van der Waals surface area contributed by atoms with Crippen LogP contribution in [-0.2, 0) is 11.2 Å². The first-order valence-electron chi connectivity index (χ1n) is 8.55. The molecule has 1 aliphatic heterocycles. The number of hydrogen-bond acceptors (Lipinski definition) is 7. The van der Waals surface area contributed by atoms with Crippen LogP contribution in [-0.4, -0.2) is 36.0 Å². The van der Waals surface area contributed by atoms with Crippen LogP contribution >= 0.6 is 11.6 Å². The van der Waals surface area contributed by atoms with Gasteiger partial charge in [0.15, 0.2) is 18.1 Å². The van der Waals surface area contributed by atoms with Crippen LogP contribution in [0.1, 0.15) is 5.89 Å². The number of halogens is 1. The Labute approximate surface area is 165 Å². The van der Waals surface area contributed by atoms with Gasteiger partial charge in [0.2, 0.25) is 18.5 Å². The maximum atomic E-state index is 11.9. The van der Waals surface area contributed by atoms with Crippen LogP contribution < -0.4 is 19.5 Å². The summed E-state index contributed by atoms with van der Waals surface area (Å²) in [5.74, 6) is 2.54. The minimum atomic E-state index is -0.245. The van der Waals surface area contributed by atoms with E-state index < -0.39 is 0 Å². The third kappa shape index (κ3) is 4.34. The van der Waals surface area contributed by atoms with E-state index >= 15 is 0 Å². The Hall–Kier alpha value is -3.26. The molecule has 0 radical (unpaired) electrons. The van der Waals surface area contributed by atoms with Gasteiger partial charge in [0.25, 0.3) is 5.91 Å². The summed E-state index contributed by atoms with van der Waals surface area (Å²) in [4.78, 5) is 16.2. The first-order chi connectivity index (χ1) is 13.7. The maximum Gasteiger partial charge on any atom is 0.257 e. The van der Waals surface area contributed by atoms with Crippen LogP contribution in [0.25, 0.3) is 11.4 Å². The third-order valence-corrected chi connectivity index (χ3v) is 4.20. The first-order valence-corrected chi connectivity index (χ1v) is 8.93. The van der Waals surface area contributed by atoms with Crippen molar-refractivity contribution in [2.45, 2.75) is 6.42 Å². The minimum absolute atomic E-state index is 0.0894. The van der Waals surface area contributed by atoms with Gasteiger partial charge in [-0.15, -0.1) is 0 Å². The lowest BCUT2D eigenvalue weighted by molar-refractivity contribution is -0.123. The third-order valence-electron chi connectivity index (χ3n) is 3.94. The number of carbonyl (C=O) groups is 1. The molecule has 28 heavy (non-hydrogen) atoms. The number of ether oxygens (including phenoxy) is 3. The lowest BCUT2D eigenvalue weighted by atomic mass is 10.2. The van der Waals surface area contributed by atoms with Crippen LogP contribution in [0.2, 0.25) is 5.02 Å². The second-order valence-corrected chi connectivity index (χ2v) is 6.36. The Morgan fingerprint density at radius 3 is 2.82 bits per heavy atom. The van der Waals surface area contributed by atoms with Gasteiger partial charge < -0.3 is 24.1 Å². The minimum Gasteiger partial charge on any atom is -0.484 e. The molecule has 0 fully saturated rings. The summed E-state index contributed by atoms with van der Waals surface area (Å²) in [5.41, 5.74) is 0.764. The first kappa shape index (κ1) is 18.1. The summed E-state index contributed by atoms with van der Waals surface area (Å²) in [6, 6.07) is 12.2. The van der Waals surface area contributed by atoms with Crippen molar-refractivity contribution >= 4 is 17.5 Å². The molecule has 8 nitrogen and oxygen atoms in total. The zero-order valence-electron chi connectivity index (χ0n) is 14.7. The van der Waals surface area contributed by atoms with Crippen LogP contribution in [0.3, 0.4) is 0 Å². The van der Waals surface area contributed by atoms with E-state index in [-0.39, 0.29) is 19.3 Å². The number of carbonyl (C=O) groups excluding carboxylic acids is 1. The van der Waals surface area contributed by atoms with Crippen molar-refractivity contribution in [1.29, 1.82) is 0 Å². The molecule has 4 rings (SSSR count). The number of nitrogens with one attached hydrogen (secondary N) is 1. The molecule has 1 aromatic heterocycles. The SMILES string of the molecule is O=C(COc1ccc(Cl)cc1)NCCc1nc(-c2ccc3c(c2)OCO3)no1. The number of hydrogen-bond donors (Lipinski definition) is 1. The molecule has 1 aliphatic rings. The molecule has 3 aromatic rings. The highest BCUT2D eigenvalue weighted by atomic mass is 35.5. The monoisotopic (exact) mass is 401 g/mol. The van der Waals surface area contributed by atoms with E-state index in [4.69, 9.17) is 30.3 Å². The Morgan fingerprint density at radius 1 is 1.14 bits per heavy atom. The van der Waals surface area contributed by atoms with E-state index in [9.17, 15) is 4.79 Å². The Balaban J connectivity index is 1.24. The number of benzene rings is 2. The van der Waals surface area contributed by atoms with Crippen molar-refractivity contribution in [3.05, 3.63) is 53.4 Å². The van der Waals surface area contributed by atoms with Gasteiger partial charge in [-0.2, -0.15) is 4.98 Å². The topological polar surface area (TPSA) is 95.7 Å². The number of rotatable bonds is 7. The van der Waals surface area contributed by atoms with Gasteiger partial charge >= 0.3 is 0 Å². The second-order valence-electron chi connectivity index (χ2n) is 5.92.